The molecule has 16 heavy (non-hydrogen) atoms. The van der Waals surface area contributed by atoms with Crippen LogP contribution in [0, 0.1) is 5.92 Å². The van der Waals surface area contributed by atoms with Crippen molar-refractivity contribution in [2.45, 2.75) is 36.6 Å². The number of halogens is 4. The van der Waals surface area contributed by atoms with Crippen LogP contribution in [0.5, 0.6) is 0 Å². The lowest BCUT2D eigenvalue weighted by Gasteiger charge is -2.25. The average Bonchev–Trinajstić information content (AvgIpc) is 2.19. The normalized spacial score (nSPS) is 27.0. The predicted molar refractivity (Wildman–Crippen MR) is 63.0 cm³/mol. The molecule has 1 aliphatic rings. The van der Waals surface area contributed by atoms with Gasteiger partial charge in [-0.1, -0.05) is 0 Å². The van der Waals surface area contributed by atoms with E-state index in [1.165, 1.54) is 0 Å². The molecule has 0 atom stereocenters. The van der Waals surface area contributed by atoms with Crippen molar-refractivity contribution in [2.24, 2.45) is 5.92 Å². The van der Waals surface area contributed by atoms with Crippen LogP contribution in [0.3, 0.4) is 0 Å². The third-order valence-corrected chi connectivity index (χ3v) is 3.93. The van der Waals surface area contributed by atoms with E-state index in [0.717, 1.165) is 32.2 Å². The predicted octanol–water partition coefficient (Wildman–Crippen LogP) is 3.63. The van der Waals surface area contributed by atoms with E-state index in [9.17, 15) is 13.2 Å². The largest absolute Gasteiger partial charge is 0.441 e. The van der Waals surface area contributed by atoms with E-state index in [4.69, 9.17) is 11.6 Å². The minimum Gasteiger partial charge on any atom is -0.316 e. The molecule has 0 aliphatic heterocycles. The van der Waals surface area contributed by atoms with Gasteiger partial charge in [0, 0.05) is 17.7 Å². The number of alkyl halides is 4. The minimum absolute atomic E-state index is 0.0370. The summed E-state index contributed by atoms with van der Waals surface area (Å²) in [7, 11) is 0. The molecular formula is C10H17ClF3NS. The third-order valence-electron chi connectivity index (χ3n) is 2.75. The van der Waals surface area contributed by atoms with E-state index in [1.54, 1.807) is 0 Å². The zero-order valence-corrected chi connectivity index (χ0v) is 10.6. The van der Waals surface area contributed by atoms with E-state index in [1.807, 2.05) is 0 Å². The van der Waals surface area contributed by atoms with Gasteiger partial charge < -0.3 is 5.32 Å². The summed E-state index contributed by atoms with van der Waals surface area (Å²) in [6.07, 6.45) is 4.25. The van der Waals surface area contributed by atoms with Gasteiger partial charge in [0.05, 0.1) is 0 Å². The monoisotopic (exact) mass is 275 g/mol. The van der Waals surface area contributed by atoms with Crippen LogP contribution in [0.2, 0.25) is 0 Å². The molecule has 0 unspecified atom stereocenters. The van der Waals surface area contributed by atoms with Gasteiger partial charge in [-0.2, -0.15) is 13.2 Å². The Morgan fingerprint density at radius 1 is 1.19 bits per heavy atom. The highest BCUT2D eigenvalue weighted by molar-refractivity contribution is 8.00. The van der Waals surface area contributed by atoms with Gasteiger partial charge in [-0.15, -0.1) is 11.6 Å². The highest BCUT2D eigenvalue weighted by atomic mass is 35.5. The second-order valence-electron chi connectivity index (χ2n) is 4.12. The second kappa shape index (κ2) is 6.97. The molecule has 6 heteroatoms. The molecule has 0 heterocycles. The second-order valence-corrected chi connectivity index (χ2v) is 5.89. The zero-order chi connectivity index (χ0) is 12.0. The van der Waals surface area contributed by atoms with Crippen molar-refractivity contribution in [2.75, 3.05) is 18.8 Å². The smallest absolute Gasteiger partial charge is 0.316 e. The quantitative estimate of drug-likeness (QED) is 0.607. The first kappa shape index (κ1) is 14.5. The average molecular weight is 276 g/mol. The maximum Gasteiger partial charge on any atom is 0.441 e. The van der Waals surface area contributed by atoms with Crippen molar-refractivity contribution >= 4 is 23.4 Å². The van der Waals surface area contributed by atoms with Crippen LogP contribution in [-0.4, -0.2) is 29.7 Å². The van der Waals surface area contributed by atoms with Crippen molar-refractivity contribution in [3.63, 3.8) is 0 Å². The summed E-state index contributed by atoms with van der Waals surface area (Å²) >= 11 is 6.00. The Labute approximate surface area is 103 Å². The number of hydrogen-bond donors (Lipinski definition) is 1. The summed E-state index contributed by atoms with van der Waals surface area (Å²) in [6.45, 7) is 1.24. The molecular weight excluding hydrogens is 259 g/mol. The van der Waals surface area contributed by atoms with Crippen LogP contribution in [0.25, 0.3) is 0 Å². The fourth-order valence-electron chi connectivity index (χ4n) is 1.87. The summed E-state index contributed by atoms with van der Waals surface area (Å²) in [5, 5.41) is 3.38. The van der Waals surface area contributed by atoms with Crippen LogP contribution in [-0.2, 0) is 0 Å². The van der Waals surface area contributed by atoms with Crippen LogP contribution < -0.4 is 5.32 Å². The summed E-state index contributed by atoms with van der Waals surface area (Å²) < 4.78 is 35.4. The molecule has 0 aromatic rings. The van der Waals surface area contributed by atoms with Crippen molar-refractivity contribution in [3.8, 4) is 0 Å². The van der Waals surface area contributed by atoms with Gasteiger partial charge in [-0.25, -0.2) is 0 Å². The molecule has 0 bridgehead atoms. The summed E-state index contributed by atoms with van der Waals surface area (Å²) in [5.74, 6) is 0.680. The summed E-state index contributed by atoms with van der Waals surface area (Å²) in [6, 6.07) is 0. The van der Waals surface area contributed by atoms with E-state index in [2.05, 4.69) is 5.32 Å². The van der Waals surface area contributed by atoms with Gasteiger partial charge in [-0.05, 0) is 49.9 Å². The first-order valence-corrected chi connectivity index (χ1v) is 6.95. The summed E-state index contributed by atoms with van der Waals surface area (Å²) in [4.78, 5) is 0. The van der Waals surface area contributed by atoms with E-state index >= 15 is 0 Å². The molecule has 1 rings (SSSR count). The van der Waals surface area contributed by atoms with Crippen molar-refractivity contribution in [1.82, 2.24) is 5.32 Å². The van der Waals surface area contributed by atoms with Gasteiger partial charge in [0.15, 0.2) is 0 Å². The lowest BCUT2D eigenvalue weighted by atomic mass is 9.89. The first-order chi connectivity index (χ1) is 7.47. The summed E-state index contributed by atoms with van der Waals surface area (Å²) in [5.41, 5.74) is -4.10. The minimum atomic E-state index is -4.10. The van der Waals surface area contributed by atoms with E-state index in [-0.39, 0.29) is 17.5 Å². The molecule has 0 radical (unpaired) electrons. The van der Waals surface area contributed by atoms with Gasteiger partial charge in [-0.3, -0.25) is 0 Å². The Balaban J connectivity index is 1.95. The maximum atomic E-state index is 11.8. The van der Waals surface area contributed by atoms with Crippen LogP contribution in [0.4, 0.5) is 13.2 Å². The van der Waals surface area contributed by atoms with Gasteiger partial charge in [0.25, 0.3) is 0 Å². The topological polar surface area (TPSA) is 12.0 Å². The highest BCUT2D eigenvalue weighted by Crippen LogP contribution is 2.29. The van der Waals surface area contributed by atoms with Crippen molar-refractivity contribution in [3.05, 3.63) is 0 Å². The Morgan fingerprint density at radius 2 is 1.81 bits per heavy atom. The standard InChI is InChI=1S/C10H17ClF3NS/c11-9-3-1-8(2-4-9)7-15-5-6-16-10(12,13)14/h8-9,15H,1-7H2. The number of hydrogen-bond acceptors (Lipinski definition) is 2. The molecule has 0 saturated heterocycles. The van der Waals surface area contributed by atoms with Crippen LogP contribution in [0.15, 0.2) is 0 Å². The first-order valence-electron chi connectivity index (χ1n) is 5.53. The Morgan fingerprint density at radius 3 is 2.38 bits per heavy atom. The molecule has 1 nitrogen and oxygen atoms in total. The van der Waals surface area contributed by atoms with Crippen molar-refractivity contribution in [1.29, 1.82) is 0 Å². The molecule has 1 aliphatic carbocycles. The molecule has 1 N–H and O–H groups in total. The third kappa shape index (κ3) is 6.86. The number of nitrogens with one attached hydrogen (secondary N) is 1. The fourth-order valence-corrected chi connectivity index (χ4v) is 2.60. The highest BCUT2D eigenvalue weighted by Gasteiger charge is 2.27. The molecule has 1 saturated carbocycles. The molecule has 1 fully saturated rings. The molecule has 0 spiro atoms. The lowest BCUT2D eigenvalue weighted by molar-refractivity contribution is -0.0327. The van der Waals surface area contributed by atoms with Crippen LogP contribution >= 0.6 is 23.4 Å². The van der Waals surface area contributed by atoms with E-state index < -0.39 is 5.51 Å². The molecule has 0 aromatic heterocycles. The van der Waals surface area contributed by atoms with Gasteiger partial charge in [0.1, 0.15) is 0 Å². The SMILES string of the molecule is FC(F)(F)SCCNCC1CCC(Cl)CC1. The molecule has 96 valence electrons. The van der Waals surface area contributed by atoms with Gasteiger partial charge >= 0.3 is 5.51 Å². The molecule has 0 amide bonds. The number of rotatable bonds is 5. The lowest BCUT2D eigenvalue weighted by Crippen LogP contribution is -2.28. The zero-order valence-electron chi connectivity index (χ0n) is 9.02. The maximum absolute atomic E-state index is 11.8. The molecule has 0 aromatic carbocycles. The van der Waals surface area contributed by atoms with E-state index in [0.29, 0.717) is 17.8 Å². The fraction of sp³-hybridized carbons (Fsp3) is 1.00. The Bertz CT molecular complexity index is 193. The Hall–Kier alpha value is 0.390. The van der Waals surface area contributed by atoms with Gasteiger partial charge in [0.2, 0.25) is 0 Å². The van der Waals surface area contributed by atoms with Crippen LogP contribution in [0.1, 0.15) is 25.7 Å². The Kier molecular flexibility index (Phi) is 6.29. The number of thioether (sulfide) groups is 1. The van der Waals surface area contributed by atoms with Crippen molar-refractivity contribution < 1.29 is 13.2 Å².